The zero-order valence-electron chi connectivity index (χ0n) is 12.9. The van der Waals surface area contributed by atoms with Gasteiger partial charge in [0.25, 0.3) is 0 Å². The number of esters is 2. The summed E-state index contributed by atoms with van der Waals surface area (Å²) in [6, 6.07) is 0. The summed E-state index contributed by atoms with van der Waals surface area (Å²) in [5, 5.41) is 0. The minimum Gasteiger partial charge on any atom is -0.463 e. The van der Waals surface area contributed by atoms with Crippen LogP contribution in [0.3, 0.4) is 0 Å². The molecule has 0 saturated heterocycles. The first-order valence-corrected chi connectivity index (χ1v) is 7.07. The van der Waals surface area contributed by atoms with Crippen molar-refractivity contribution in [3.05, 3.63) is 22.3 Å². The molecule has 0 amide bonds. The Labute approximate surface area is 137 Å². The molecule has 0 aliphatic carbocycles. The van der Waals surface area contributed by atoms with Gasteiger partial charge < -0.3 is 14.2 Å². The van der Waals surface area contributed by atoms with E-state index in [0.717, 1.165) is 0 Å². The number of rotatable bonds is 4. The number of halogens is 6. The monoisotopic (exact) mass is 374 g/mol. The lowest BCUT2D eigenvalue weighted by Gasteiger charge is -2.23. The van der Waals surface area contributed by atoms with E-state index >= 15 is 0 Å². The van der Waals surface area contributed by atoms with Gasteiger partial charge >= 0.3 is 24.3 Å². The van der Waals surface area contributed by atoms with Crippen LogP contribution in [0.2, 0.25) is 0 Å². The molecule has 0 saturated carbocycles. The van der Waals surface area contributed by atoms with Crippen LogP contribution in [-0.2, 0) is 23.8 Å². The van der Waals surface area contributed by atoms with Crippen molar-refractivity contribution in [3.63, 3.8) is 0 Å². The van der Waals surface area contributed by atoms with Crippen LogP contribution in [0.15, 0.2) is 22.3 Å². The Kier molecular flexibility index (Phi) is 4.90. The molecule has 2 heterocycles. The van der Waals surface area contributed by atoms with Crippen molar-refractivity contribution in [1.82, 2.24) is 0 Å². The van der Waals surface area contributed by atoms with Crippen molar-refractivity contribution in [2.75, 3.05) is 13.2 Å². The second kappa shape index (κ2) is 6.36. The van der Waals surface area contributed by atoms with Crippen molar-refractivity contribution < 1.29 is 50.1 Å². The fourth-order valence-electron chi connectivity index (χ4n) is 2.72. The first-order valence-electron chi connectivity index (χ1n) is 7.07. The molecule has 140 valence electrons. The van der Waals surface area contributed by atoms with E-state index in [2.05, 4.69) is 9.47 Å². The van der Waals surface area contributed by atoms with E-state index in [1.807, 2.05) is 0 Å². The van der Waals surface area contributed by atoms with Crippen LogP contribution in [0.4, 0.5) is 26.3 Å². The third kappa shape index (κ3) is 3.24. The number of carbonyl (C=O) groups is 2. The predicted octanol–water partition coefficient (Wildman–Crippen LogP) is 2.61. The number of ether oxygens (including phenoxy) is 3. The zero-order chi connectivity index (χ0) is 19.2. The van der Waals surface area contributed by atoms with Gasteiger partial charge in [-0.15, -0.1) is 0 Å². The summed E-state index contributed by atoms with van der Waals surface area (Å²) < 4.78 is 93.2. The number of hydrogen-bond acceptors (Lipinski definition) is 5. The molecular weight excluding hydrogens is 362 g/mol. The van der Waals surface area contributed by atoms with E-state index < -0.39 is 58.8 Å². The summed E-state index contributed by atoms with van der Waals surface area (Å²) in [6.45, 7) is 2.00. The molecule has 2 rings (SSSR count). The van der Waals surface area contributed by atoms with Crippen molar-refractivity contribution in [2.45, 2.75) is 38.4 Å². The van der Waals surface area contributed by atoms with Gasteiger partial charge in [0.05, 0.1) is 35.5 Å². The highest BCUT2D eigenvalue weighted by molar-refractivity contribution is 6.01. The average molecular weight is 374 g/mol. The van der Waals surface area contributed by atoms with E-state index in [0.29, 0.717) is 0 Å². The topological polar surface area (TPSA) is 61.8 Å². The molecule has 0 aromatic carbocycles. The summed E-state index contributed by atoms with van der Waals surface area (Å²) >= 11 is 0. The van der Waals surface area contributed by atoms with Gasteiger partial charge in [0.2, 0.25) is 0 Å². The Morgan fingerprint density at radius 1 is 0.840 bits per heavy atom. The minimum absolute atomic E-state index is 0.310. The van der Waals surface area contributed by atoms with Crippen LogP contribution in [0.1, 0.15) is 13.8 Å². The minimum atomic E-state index is -5.28. The molecule has 5 nitrogen and oxygen atoms in total. The van der Waals surface area contributed by atoms with E-state index in [9.17, 15) is 35.9 Å². The highest BCUT2D eigenvalue weighted by atomic mass is 19.4. The fourth-order valence-corrected chi connectivity index (χ4v) is 2.72. The lowest BCUT2D eigenvalue weighted by Crippen LogP contribution is -2.35. The largest absolute Gasteiger partial charge is 0.463 e. The normalized spacial score (nSPS) is 23.4. The standard InChI is InChI=1S/C14H12F6O5/c1-3-23-11(21)5-7(13(15,16)17)10-8(14(18,19)20)6(9(5)25-10)12(22)24-4-2/h9-10H,3-4H2,1-2H3. The van der Waals surface area contributed by atoms with Gasteiger partial charge in [-0.05, 0) is 13.8 Å². The molecule has 2 aliphatic rings. The lowest BCUT2D eigenvalue weighted by molar-refractivity contribution is -0.141. The van der Waals surface area contributed by atoms with E-state index in [1.54, 1.807) is 0 Å². The lowest BCUT2D eigenvalue weighted by atomic mass is 9.85. The molecule has 0 fully saturated rings. The van der Waals surface area contributed by atoms with Crippen molar-refractivity contribution in [2.24, 2.45) is 0 Å². The molecule has 0 aromatic heterocycles. The van der Waals surface area contributed by atoms with Crippen LogP contribution in [0.5, 0.6) is 0 Å². The maximum absolute atomic E-state index is 13.3. The Hall–Kier alpha value is -2.04. The Bertz CT molecular complexity index is 604. The molecule has 2 aliphatic heterocycles. The maximum atomic E-state index is 13.3. The highest BCUT2D eigenvalue weighted by Gasteiger charge is 2.64. The molecule has 25 heavy (non-hydrogen) atoms. The highest BCUT2D eigenvalue weighted by Crippen LogP contribution is 2.53. The Morgan fingerprint density at radius 3 is 1.48 bits per heavy atom. The summed E-state index contributed by atoms with van der Waals surface area (Å²) in [5.74, 6) is -2.99. The van der Waals surface area contributed by atoms with E-state index in [-0.39, 0.29) is 13.2 Å². The second-order valence-corrected chi connectivity index (χ2v) is 4.99. The summed E-state index contributed by atoms with van der Waals surface area (Å²) in [6.07, 6.45) is -15.3. The number of hydrogen-bond donors (Lipinski definition) is 0. The molecule has 2 bridgehead atoms. The first kappa shape index (κ1) is 19.3. The molecule has 0 spiro atoms. The summed E-state index contributed by atoms with van der Waals surface area (Å²) in [4.78, 5) is 23.7. The zero-order valence-corrected chi connectivity index (χ0v) is 12.9. The van der Waals surface area contributed by atoms with Crippen LogP contribution in [0, 0.1) is 0 Å². The molecular formula is C14H12F6O5. The molecule has 0 aromatic rings. The maximum Gasteiger partial charge on any atom is 0.416 e. The number of alkyl halides is 6. The van der Waals surface area contributed by atoms with Gasteiger partial charge in [0.1, 0.15) is 12.2 Å². The fraction of sp³-hybridized carbons (Fsp3) is 0.571. The van der Waals surface area contributed by atoms with Crippen molar-refractivity contribution in [3.8, 4) is 0 Å². The third-order valence-corrected chi connectivity index (χ3v) is 3.50. The SMILES string of the molecule is CCOC(=O)C1=C(C(F)(F)F)C2OC1C(C(=O)OCC)=C2C(F)(F)F. The molecule has 0 radical (unpaired) electrons. The second-order valence-electron chi connectivity index (χ2n) is 4.99. The quantitative estimate of drug-likeness (QED) is 0.559. The van der Waals surface area contributed by atoms with E-state index in [4.69, 9.17) is 4.74 Å². The van der Waals surface area contributed by atoms with Gasteiger partial charge in [-0.3, -0.25) is 0 Å². The van der Waals surface area contributed by atoms with Crippen LogP contribution >= 0.6 is 0 Å². The number of carbonyl (C=O) groups excluding carboxylic acids is 2. The van der Waals surface area contributed by atoms with Crippen LogP contribution in [0.25, 0.3) is 0 Å². The molecule has 0 N–H and O–H groups in total. The molecule has 0 atom stereocenters. The summed E-state index contributed by atoms with van der Waals surface area (Å²) in [7, 11) is 0. The summed E-state index contributed by atoms with van der Waals surface area (Å²) in [5.41, 5.74) is -5.93. The predicted molar refractivity (Wildman–Crippen MR) is 68.1 cm³/mol. The van der Waals surface area contributed by atoms with Crippen LogP contribution < -0.4 is 0 Å². The third-order valence-electron chi connectivity index (χ3n) is 3.50. The van der Waals surface area contributed by atoms with Gasteiger partial charge in [-0.25, -0.2) is 9.59 Å². The molecule has 11 heteroatoms. The van der Waals surface area contributed by atoms with Crippen LogP contribution in [-0.4, -0.2) is 49.7 Å². The Morgan fingerprint density at radius 2 is 1.20 bits per heavy atom. The van der Waals surface area contributed by atoms with Gasteiger partial charge in [-0.2, -0.15) is 26.3 Å². The van der Waals surface area contributed by atoms with Crippen molar-refractivity contribution >= 4 is 11.9 Å². The van der Waals surface area contributed by atoms with Gasteiger partial charge in [-0.1, -0.05) is 0 Å². The smallest absolute Gasteiger partial charge is 0.416 e. The number of fused-ring (bicyclic) bond motifs is 2. The van der Waals surface area contributed by atoms with Crippen molar-refractivity contribution in [1.29, 1.82) is 0 Å². The van der Waals surface area contributed by atoms with E-state index in [1.165, 1.54) is 13.8 Å². The Balaban J connectivity index is 2.64. The average Bonchev–Trinajstić information content (AvgIpc) is 3.01. The van der Waals surface area contributed by atoms with Gasteiger partial charge in [0.15, 0.2) is 0 Å². The van der Waals surface area contributed by atoms with Gasteiger partial charge in [0, 0.05) is 0 Å². The molecule has 0 unspecified atom stereocenters. The first-order chi connectivity index (χ1) is 11.4.